The number of rotatable bonds is 10. The van der Waals surface area contributed by atoms with Crippen LogP contribution < -0.4 is 9.62 Å². The zero-order chi connectivity index (χ0) is 19.9. The second kappa shape index (κ2) is 10.3. The van der Waals surface area contributed by atoms with Crippen molar-refractivity contribution in [3.63, 3.8) is 0 Å². The molecule has 152 valence electrons. The summed E-state index contributed by atoms with van der Waals surface area (Å²) in [7, 11) is -3.67. The minimum Gasteiger partial charge on any atom is -0.355 e. The van der Waals surface area contributed by atoms with Gasteiger partial charge in [0.05, 0.1) is 11.9 Å². The lowest BCUT2D eigenvalue weighted by Gasteiger charge is -2.22. The molecule has 1 aromatic rings. The van der Waals surface area contributed by atoms with Gasteiger partial charge in [0.1, 0.15) is 0 Å². The van der Waals surface area contributed by atoms with Crippen LogP contribution in [-0.4, -0.2) is 44.7 Å². The number of thioether (sulfide) groups is 1. The second-order valence-corrected chi connectivity index (χ2v) is 9.98. The van der Waals surface area contributed by atoms with Crippen molar-refractivity contribution in [1.29, 1.82) is 0 Å². The van der Waals surface area contributed by atoms with Gasteiger partial charge in [0, 0.05) is 36.6 Å². The summed E-state index contributed by atoms with van der Waals surface area (Å²) in [6, 6.07) is 2.94. The second-order valence-electron chi connectivity index (χ2n) is 6.66. The van der Waals surface area contributed by atoms with Gasteiger partial charge in [-0.3, -0.25) is 9.10 Å². The fourth-order valence-electron chi connectivity index (χ4n) is 3.07. The van der Waals surface area contributed by atoms with Crippen LogP contribution in [0, 0.1) is 11.6 Å². The number of amides is 1. The Morgan fingerprint density at radius 2 is 1.96 bits per heavy atom. The summed E-state index contributed by atoms with van der Waals surface area (Å²) in [6.45, 7) is 0.618. The Labute approximate surface area is 163 Å². The first-order valence-corrected chi connectivity index (χ1v) is 12.0. The van der Waals surface area contributed by atoms with Crippen molar-refractivity contribution in [2.24, 2.45) is 0 Å². The Balaban J connectivity index is 1.76. The van der Waals surface area contributed by atoms with Crippen LogP contribution in [0.2, 0.25) is 0 Å². The Morgan fingerprint density at radius 3 is 2.59 bits per heavy atom. The predicted octanol–water partition coefficient (Wildman–Crippen LogP) is 3.30. The van der Waals surface area contributed by atoms with Gasteiger partial charge in [0.2, 0.25) is 15.9 Å². The van der Waals surface area contributed by atoms with Crippen LogP contribution in [-0.2, 0) is 14.8 Å². The van der Waals surface area contributed by atoms with Gasteiger partial charge < -0.3 is 5.32 Å². The summed E-state index contributed by atoms with van der Waals surface area (Å²) in [5, 5.41) is 3.55. The van der Waals surface area contributed by atoms with E-state index >= 15 is 0 Å². The van der Waals surface area contributed by atoms with Crippen molar-refractivity contribution >= 4 is 33.4 Å². The quantitative estimate of drug-likeness (QED) is 0.590. The summed E-state index contributed by atoms with van der Waals surface area (Å²) < 4.78 is 51.3. The summed E-state index contributed by atoms with van der Waals surface area (Å²) in [4.78, 5) is 11.9. The van der Waals surface area contributed by atoms with Gasteiger partial charge in [-0.05, 0) is 31.4 Å². The molecule has 0 aromatic heterocycles. The molecule has 0 spiro atoms. The molecule has 1 amide bonds. The topological polar surface area (TPSA) is 66.5 Å². The van der Waals surface area contributed by atoms with Gasteiger partial charge in [-0.2, -0.15) is 11.8 Å². The predicted molar refractivity (Wildman–Crippen MR) is 106 cm³/mol. The standard InChI is InChI=1S/C18H26F2N2O3S2/c1-27(24,25)22(14-8-9-16(19)17(20)13-14)11-4-7-18(23)21-10-12-26-15-5-2-3-6-15/h8-9,13,15H,2-7,10-12H2,1H3,(H,21,23). The van der Waals surface area contributed by atoms with E-state index in [1.54, 1.807) is 0 Å². The number of sulfonamides is 1. The molecule has 1 aromatic carbocycles. The third-order valence-electron chi connectivity index (χ3n) is 4.44. The normalized spacial score (nSPS) is 15.1. The summed E-state index contributed by atoms with van der Waals surface area (Å²) >= 11 is 1.89. The molecule has 27 heavy (non-hydrogen) atoms. The molecule has 5 nitrogen and oxygen atoms in total. The largest absolute Gasteiger partial charge is 0.355 e. The summed E-state index contributed by atoms with van der Waals surface area (Å²) in [5.41, 5.74) is 0.0461. The van der Waals surface area contributed by atoms with Crippen molar-refractivity contribution in [3.05, 3.63) is 29.8 Å². The van der Waals surface area contributed by atoms with Gasteiger partial charge >= 0.3 is 0 Å². The minimum absolute atomic E-state index is 0.0220. The van der Waals surface area contributed by atoms with Gasteiger partial charge in [-0.15, -0.1) is 0 Å². The van der Waals surface area contributed by atoms with Crippen LogP contribution in [0.3, 0.4) is 0 Å². The van der Waals surface area contributed by atoms with Crippen molar-refractivity contribution in [2.45, 2.75) is 43.8 Å². The van der Waals surface area contributed by atoms with Crippen LogP contribution in [0.4, 0.5) is 14.5 Å². The summed E-state index contributed by atoms with van der Waals surface area (Å²) in [6.07, 6.45) is 6.54. The fraction of sp³-hybridized carbons (Fsp3) is 0.611. The number of halogens is 2. The van der Waals surface area contributed by atoms with E-state index < -0.39 is 21.7 Å². The molecule has 0 unspecified atom stereocenters. The van der Waals surface area contributed by atoms with E-state index in [1.165, 1.54) is 31.7 Å². The average Bonchev–Trinajstić information content (AvgIpc) is 3.11. The summed E-state index contributed by atoms with van der Waals surface area (Å²) in [5.74, 6) is -1.41. The van der Waals surface area contributed by atoms with E-state index in [0.29, 0.717) is 11.8 Å². The SMILES string of the molecule is CS(=O)(=O)N(CCCC(=O)NCCSC1CCCC1)c1ccc(F)c(F)c1. The first kappa shape index (κ1) is 21.9. The third-order valence-corrected chi connectivity index (χ3v) is 7.01. The molecular formula is C18H26F2N2O3S2. The van der Waals surface area contributed by atoms with E-state index in [0.717, 1.165) is 28.4 Å². The van der Waals surface area contributed by atoms with E-state index in [9.17, 15) is 22.0 Å². The Bertz CT molecular complexity index is 738. The number of benzene rings is 1. The van der Waals surface area contributed by atoms with Crippen molar-refractivity contribution in [3.8, 4) is 0 Å². The monoisotopic (exact) mass is 420 g/mol. The minimum atomic E-state index is -3.67. The lowest BCUT2D eigenvalue weighted by molar-refractivity contribution is -0.121. The molecular weight excluding hydrogens is 394 g/mol. The molecule has 1 N–H and O–H groups in total. The van der Waals surface area contributed by atoms with Crippen molar-refractivity contribution in [2.75, 3.05) is 29.4 Å². The highest BCUT2D eigenvalue weighted by atomic mass is 32.2. The van der Waals surface area contributed by atoms with Crippen LogP contribution in [0.1, 0.15) is 38.5 Å². The van der Waals surface area contributed by atoms with E-state index in [2.05, 4.69) is 5.32 Å². The number of carbonyl (C=O) groups is 1. The number of anilines is 1. The number of nitrogens with zero attached hydrogens (tertiary/aromatic N) is 1. The highest BCUT2D eigenvalue weighted by Gasteiger charge is 2.19. The molecule has 2 rings (SSSR count). The Hall–Kier alpha value is -1.35. The number of hydrogen-bond donors (Lipinski definition) is 1. The highest BCUT2D eigenvalue weighted by Crippen LogP contribution is 2.28. The van der Waals surface area contributed by atoms with Crippen molar-refractivity contribution < 1.29 is 22.0 Å². The molecule has 1 fully saturated rings. The molecule has 0 atom stereocenters. The van der Waals surface area contributed by atoms with Gasteiger partial charge in [0.25, 0.3) is 0 Å². The van der Waals surface area contributed by atoms with Gasteiger partial charge in [0.15, 0.2) is 11.6 Å². The molecule has 9 heteroatoms. The van der Waals surface area contributed by atoms with Crippen LogP contribution in [0.25, 0.3) is 0 Å². The van der Waals surface area contributed by atoms with Crippen LogP contribution in [0.15, 0.2) is 18.2 Å². The molecule has 0 aliphatic heterocycles. The first-order valence-electron chi connectivity index (χ1n) is 9.08. The fourth-order valence-corrected chi connectivity index (χ4v) is 5.25. The maximum Gasteiger partial charge on any atom is 0.232 e. The Morgan fingerprint density at radius 1 is 1.26 bits per heavy atom. The highest BCUT2D eigenvalue weighted by molar-refractivity contribution is 7.99. The maximum atomic E-state index is 13.4. The molecule has 1 saturated carbocycles. The molecule has 0 radical (unpaired) electrons. The van der Waals surface area contributed by atoms with Crippen LogP contribution in [0.5, 0.6) is 0 Å². The molecule has 1 aliphatic rings. The first-order chi connectivity index (χ1) is 12.8. The van der Waals surface area contributed by atoms with Gasteiger partial charge in [-0.1, -0.05) is 12.8 Å². The molecule has 0 heterocycles. The van der Waals surface area contributed by atoms with Crippen LogP contribution >= 0.6 is 11.8 Å². The molecule has 0 bridgehead atoms. The smallest absolute Gasteiger partial charge is 0.232 e. The number of hydrogen-bond acceptors (Lipinski definition) is 4. The molecule has 1 aliphatic carbocycles. The number of nitrogens with one attached hydrogen (secondary N) is 1. The Kier molecular flexibility index (Phi) is 8.34. The average molecular weight is 421 g/mol. The zero-order valence-corrected chi connectivity index (χ0v) is 17.1. The van der Waals surface area contributed by atoms with Gasteiger partial charge in [-0.25, -0.2) is 17.2 Å². The van der Waals surface area contributed by atoms with E-state index in [-0.39, 0.29) is 31.0 Å². The maximum absolute atomic E-state index is 13.4. The molecule has 0 saturated heterocycles. The van der Waals surface area contributed by atoms with Crippen molar-refractivity contribution in [1.82, 2.24) is 5.32 Å². The number of carbonyl (C=O) groups excluding carboxylic acids is 1. The van der Waals surface area contributed by atoms with E-state index in [4.69, 9.17) is 0 Å². The third kappa shape index (κ3) is 7.29. The van der Waals surface area contributed by atoms with E-state index in [1.807, 2.05) is 11.8 Å². The lowest BCUT2D eigenvalue weighted by Crippen LogP contribution is -2.32. The zero-order valence-electron chi connectivity index (χ0n) is 15.4. The lowest BCUT2D eigenvalue weighted by atomic mass is 10.2.